The number of para-hydroxylation sites is 7. The van der Waals surface area contributed by atoms with Crippen molar-refractivity contribution in [3.63, 3.8) is 0 Å². The second-order valence-electron chi connectivity index (χ2n) is 32.6. The second-order valence-corrected chi connectivity index (χ2v) is 38.0. The average Bonchev–Trinajstić information content (AvgIpc) is 0.776. The van der Waals surface area contributed by atoms with Crippen LogP contribution >= 0.6 is 58.8 Å². The van der Waals surface area contributed by atoms with E-state index in [0.29, 0.717) is 23.4 Å². The zero-order valence-corrected chi connectivity index (χ0v) is 73.6. The molecule has 4 atom stereocenters. The van der Waals surface area contributed by atoms with Crippen LogP contribution < -0.4 is 29.2 Å². The Hall–Kier alpha value is -8.29. The smallest absolute Gasteiger partial charge is 0.159 e. The van der Waals surface area contributed by atoms with Crippen molar-refractivity contribution in [3.8, 4) is 11.8 Å². The molecule has 596 valence electrons. The maximum Gasteiger partial charge on any atom is 0.159 e. The largest absolute Gasteiger partial charge is 0.497 e. The molecule has 0 radical (unpaired) electrons. The van der Waals surface area contributed by atoms with Crippen molar-refractivity contribution in [3.05, 3.63) is 236 Å². The predicted molar refractivity (Wildman–Crippen MR) is 487 cm³/mol. The Balaban J connectivity index is 0.000000132. The molecule has 13 nitrogen and oxygen atoms in total. The Labute approximate surface area is 702 Å². The summed E-state index contributed by atoms with van der Waals surface area (Å²) in [5.41, 5.74) is 14.2. The highest BCUT2D eigenvalue weighted by molar-refractivity contribution is 8.00. The number of fused-ring (bicyclic) bond motifs is 10. The second kappa shape index (κ2) is 40.0. The lowest BCUT2D eigenvalue weighted by atomic mass is 9.93. The quantitative estimate of drug-likeness (QED) is 0.0505. The molecule has 0 aliphatic carbocycles. The van der Waals surface area contributed by atoms with Crippen LogP contribution in [-0.2, 0) is 0 Å². The van der Waals surface area contributed by atoms with Crippen LogP contribution in [0.3, 0.4) is 0 Å². The minimum absolute atomic E-state index is 0.116. The Morgan fingerprint density at radius 2 is 0.825 bits per heavy atom. The van der Waals surface area contributed by atoms with E-state index in [0.717, 1.165) is 91.9 Å². The van der Waals surface area contributed by atoms with E-state index in [-0.39, 0.29) is 5.78 Å². The molecule has 0 aromatic heterocycles. The van der Waals surface area contributed by atoms with E-state index in [2.05, 4.69) is 336 Å². The number of nitriles is 1. The Kier molecular flexibility index (Phi) is 29.9. The van der Waals surface area contributed by atoms with E-state index in [9.17, 15) is 10.1 Å². The van der Waals surface area contributed by atoms with Crippen LogP contribution in [0.1, 0.15) is 75.7 Å². The van der Waals surface area contributed by atoms with Gasteiger partial charge in [0.05, 0.1) is 103 Å². The topological polar surface area (TPSA) is 79.2 Å². The van der Waals surface area contributed by atoms with Gasteiger partial charge in [-0.3, -0.25) is 4.79 Å². The normalized spacial score (nSPS) is 15.5. The molecule has 6 aliphatic rings. The number of methoxy groups -OCH3 is 1. The summed E-state index contributed by atoms with van der Waals surface area (Å²) < 4.78 is 6.41. The van der Waals surface area contributed by atoms with Crippen LogP contribution in [0.2, 0.25) is 0 Å². The molecule has 114 heavy (non-hydrogen) atoms. The number of Topliss-reactive ketones (excluding diaryl/α,β-unsaturated/α-hetero) is 1. The number of likely N-dealkylation sites (N-methyl/N-ethyl adjacent to an activating group) is 1. The SMILES string of the molecule is CC(=O)c1ccc2c(c1)N(CCCN(C)C)c1ccccc1S2.CC(CN(C)C)CN1c2ccccc2Sc2ccc(C#N)cc21.CC(CN1c2ccccc2Sc2ccccc21)[N+](C)(C)C.CN1CCCC(CCCN2c3ccccc3Sc3ccccc32)C1.COc1ccc2c(c1)N(CC(C)CN(C)C)c1ccccc1S2. The average molecular weight is 1620 g/mol. The maximum atomic E-state index is 11.8. The summed E-state index contributed by atoms with van der Waals surface area (Å²) in [4.78, 5) is 46.2. The van der Waals surface area contributed by atoms with Crippen LogP contribution in [-0.4, -0.2) is 179 Å². The molecule has 1 saturated heterocycles. The molecule has 0 saturated carbocycles. The molecular formula is C96H116N11O2S5+. The number of quaternary nitrogens is 1. The van der Waals surface area contributed by atoms with Gasteiger partial charge in [0.2, 0.25) is 0 Å². The number of carbonyl (C=O) groups excluding carboxylic acids is 1. The van der Waals surface area contributed by atoms with E-state index in [1.807, 2.05) is 65.6 Å². The van der Waals surface area contributed by atoms with Crippen LogP contribution in [0.15, 0.2) is 273 Å². The van der Waals surface area contributed by atoms with Gasteiger partial charge in [0.25, 0.3) is 0 Å². The van der Waals surface area contributed by atoms with Gasteiger partial charge >= 0.3 is 0 Å². The fourth-order valence-electron chi connectivity index (χ4n) is 15.6. The van der Waals surface area contributed by atoms with Crippen molar-refractivity contribution in [1.82, 2.24) is 19.6 Å². The Morgan fingerprint density at radius 1 is 0.465 bits per heavy atom. The van der Waals surface area contributed by atoms with E-state index in [1.165, 1.54) is 133 Å². The van der Waals surface area contributed by atoms with E-state index in [4.69, 9.17) is 4.74 Å². The molecule has 0 bridgehead atoms. The monoisotopic (exact) mass is 1610 g/mol. The first-order valence-electron chi connectivity index (χ1n) is 40.2. The highest BCUT2D eigenvalue weighted by Crippen LogP contribution is 2.54. The molecular weight excluding hydrogens is 1500 g/mol. The highest BCUT2D eigenvalue weighted by atomic mass is 32.2. The lowest BCUT2D eigenvalue weighted by Gasteiger charge is -2.39. The van der Waals surface area contributed by atoms with Gasteiger partial charge in [-0.1, -0.05) is 164 Å². The lowest BCUT2D eigenvalue weighted by Crippen LogP contribution is -2.49. The molecule has 0 N–H and O–H groups in total. The summed E-state index contributed by atoms with van der Waals surface area (Å²) in [6.45, 7) is 19.3. The Bertz CT molecular complexity index is 4830. The number of benzene rings is 10. The minimum atomic E-state index is 0.116. The molecule has 1 fully saturated rings. The molecule has 4 unspecified atom stereocenters. The van der Waals surface area contributed by atoms with E-state index >= 15 is 0 Å². The first kappa shape index (κ1) is 85.1. The van der Waals surface area contributed by atoms with Crippen LogP contribution in [0.4, 0.5) is 56.9 Å². The standard InChI is InChI=1S/C21H26N2S.C19H21N3S.C19H24N2OS.C19H22N2OS.C18H23N2S/c1-22-14-6-8-17(16-22)9-7-15-23-18-10-2-4-12-20(18)24-21-13-5-3-11-19(21)23;1-14(12-21(2)3)13-22-16-6-4-5-7-18(16)23-19-9-8-15(11-20)10-17(19)22;1-14(12-20(2)3)13-21-16-7-5-6-8-18(16)23-19-10-9-15(22-4)11-17(19)21;1-14(22)15-9-10-19-17(13-15)21(12-6-11-20(2)3)16-7-4-5-8-18(16)23-19;1-14(20(2,3)4)13-19-15-9-5-7-11-17(15)21-18-12-8-6-10-16(18)19/h2-5,10-13,17H,6-9,14-16H2,1H3;4-10,14H,12-13H2,1-3H3;5-11,14H,12-13H2,1-4H3;4-5,7-10,13H,6,11-12H2,1-3H3;5-12,14H,13H2,1-4H3/q;;;;+1. The van der Waals surface area contributed by atoms with Crippen molar-refractivity contribution < 1.29 is 14.0 Å². The van der Waals surface area contributed by atoms with Crippen molar-refractivity contribution in [2.24, 2.45) is 17.8 Å². The molecule has 10 aromatic rings. The summed E-state index contributed by atoms with van der Waals surface area (Å²) in [7, 11) is 23.5. The predicted octanol–water partition coefficient (Wildman–Crippen LogP) is 23.1. The van der Waals surface area contributed by atoms with Crippen LogP contribution in [0.25, 0.3) is 0 Å². The van der Waals surface area contributed by atoms with Gasteiger partial charge in [0.15, 0.2) is 5.78 Å². The van der Waals surface area contributed by atoms with Gasteiger partial charge in [0, 0.05) is 106 Å². The van der Waals surface area contributed by atoms with Crippen molar-refractivity contribution in [2.45, 2.75) is 115 Å². The third kappa shape index (κ3) is 21.9. The number of piperidine rings is 1. The molecule has 18 heteroatoms. The zero-order chi connectivity index (χ0) is 80.6. The fraction of sp³-hybridized carbons (Fsp3) is 0.354. The molecule has 6 aliphatic heterocycles. The number of nitrogens with zero attached hydrogens (tertiary/aromatic N) is 11. The van der Waals surface area contributed by atoms with Crippen molar-refractivity contribution >= 4 is 121 Å². The third-order valence-electron chi connectivity index (χ3n) is 21.5. The molecule has 16 rings (SSSR count). The van der Waals surface area contributed by atoms with Gasteiger partial charge < -0.3 is 53.3 Å². The van der Waals surface area contributed by atoms with E-state index < -0.39 is 0 Å². The number of anilines is 10. The lowest BCUT2D eigenvalue weighted by molar-refractivity contribution is -0.892. The summed E-state index contributed by atoms with van der Waals surface area (Å²) in [6.07, 6.45) is 6.47. The van der Waals surface area contributed by atoms with Crippen molar-refractivity contribution in [2.75, 3.05) is 168 Å². The summed E-state index contributed by atoms with van der Waals surface area (Å²) in [5, 5.41) is 9.24. The summed E-state index contributed by atoms with van der Waals surface area (Å²) >= 11 is 9.18. The summed E-state index contributed by atoms with van der Waals surface area (Å²) in [5.74, 6) is 3.01. The first-order chi connectivity index (χ1) is 55.0. The third-order valence-corrected chi connectivity index (χ3v) is 27.1. The number of ketones is 1. The van der Waals surface area contributed by atoms with Gasteiger partial charge in [0.1, 0.15) is 11.8 Å². The highest BCUT2D eigenvalue weighted by Gasteiger charge is 2.32. The van der Waals surface area contributed by atoms with Crippen LogP contribution in [0, 0.1) is 29.1 Å². The molecule has 0 spiro atoms. The van der Waals surface area contributed by atoms with Gasteiger partial charge in [-0.2, -0.15) is 5.26 Å². The number of ether oxygens (including phenoxy) is 1. The van der Waals surface area contributed by atoms with E-state index in [1.54, 1.807) is 37.6 Å². The van der Waals surface area contributed by atoms with Gasteiger partial charge in [-0.05, 0) is 254 Å². The molecule has 6 heterocycles. The van der Waals surface area contributed by atoms with Gasteiger partial charge in [-0.15, -0.1) is 0 Å². The van der Waals surface area contributed by atoms with Gasteiger partial charge in [-0.25, -0.2) is 0 Å². The fourth-order valence-corrected chi connectivity index (χ4v) is 21.0. The maximum absolute atomic E-state index is 11.8. The van der Waals surface area contributed by atoms with Crippen LogP contribution in [0.5, 0.6) is 5.75 Å². The Morgan fingerprint density at radius 3 is 1.21 bits per heavy atom. The summed E-state index contributed by atoms with van der Waals surface area (Å²) in [6, 6.07) is 82.0. The van der Waals surface area contributed by atoms with Crippen molar-refractivity contribution in [1.29, 1.82) is 5.26 Å². The zero-order valence-electron chi connectivity index (χ0n) is 69.6. The molecule has 0 amide bonds. The first-order valence-corrected chi connectivity index (χ1v) is 44.3. The molecule has 10 aromatic carbocycles. The number of carbonyl (C=O) groups is 1. The minimum Gasteiger partial charge on any atom is -0.497 e. The number of likely N-dealkylation sites (tertiary alicyclic amines) is 1. The number of hydrogen-bond acceptors (Lipinski definition) is 17. The number of rotatable bonds is 21. The number of hydrogen-bond donors (Lipinski definition) is 0.